The zero-order valence-corrected chi connectivity index (χ0v) is 11.7. The molecule has 1 aliphatic rings. The molecule has 1 fully saturated rings. The van der Waals surface area contributed by atoms with Crippen LogP contribution in [0.2, 0.25) is 0 Å². The summed E-state index contributed by atoms with van der Waals surface area (Å²) in [6, 6.07) is 0.457. The number of H-pyrrole nitrogens is 1. The molecule has 0 spiro atoms. The van der Waals surface area contributed by atoms with Crippen LogP contribution in [-0.4, -0.2) is 41.0 Å². The van der Waals surface area contributed by atoms with E-state index in [9.17, 15) is 18.0 Å². The Morgan fingerprint density at radius 3 is 2.67 bits per heavy atom. The maximum absolute atomic E-state index is 12.5. The summed E-state index contributed by atoms with van der Waals surface area (Å²) in [5.41, 5.74) is -1.99. The van der Waals surface area contributed by atoms with Gasteiger partial charge in [-0.05, 0) is 38.9 Å². The van der Waals surface area contributed by atoms with E-state index >= 15 is 0 Å². The van der Waals surface area contributed by atoms with Crippen molar-refractivity contribution in [1.82, 2.24) is 14.9 Å². The molecule has 5 nitrogen and oxygen atoms in total. The maximum atomic E-state index is 12.5. The van der Waals surface area contributed by atoms with E-state index in [1.807, 2.05) is 0 Å². The molecule has 118 valence electrons. The molecular formula is C13H19F3N4O. The fourth-order valence-electron chi connectivity index (χ4n) is 2.38. The van der Waals surface area contributed by atoms with Crippen molar-refractivity contribution >= 4 is 5.95 Å². The van der Waals surface area contributed by atoms with Crippen molar-refractivity contribution in [2.24, 2.45) is 0 Å². The normalized spacial score (nSPS) is 16.9. The van der Waals surface area contributed by atoms with Crippen LogP contribution in [0.15, 0.2) is 10.9 Å². The van der Waals surface area contributed by atoms with Gasteiger partial charge in [-0.25, -0.2) is 4.98 Å². The SMILES string of the molecule is O=c1cc(C(F)(F)F)nc(NCCCN2CCCCC2)[nH]1. The number of likely N-dealkylation sites (tertiary alicyclic amines) is 1. The Morgan fingerprint density at radius 2 is 2.00 bits per heavy atom. The van der Waals surface area contributed by atoms with Gasteiger partial charge >= 0.3 is 6.18 Å². The molecule has 0 atom stereocenters. The smallest absolute Gasteiger partial charge is 0.356 e. The third-order valence-electron chi connectivity index (χ3n) is 3.42. The third kappa shape index (κ3) is 5.04. The predicted molar refractivity (Wildman–Crippen MR) is 73.3 cm³/mol. The predicted octanol–water partition coefficient (Wildman–Crippen LogP) is 2.08. The van der Waals surface area contributed by atoms with Gasteiger partial charge in [0.2, 0.25) is 5.95 Å². The first kappa shape index (κ1) is 15.8. The van der Waals surface area contributed by atoms with Gasteiger partial charge in [0.1, 0.15) is 0 Å². The molecule has 1 saturated heterocycles. The van der Waals surface area contributed by atoms with Crippen molar-refractivity contribution < 1.29 is 13.2 Å². The average Bonchev–Trinajstić information content (AvgIpc) is 2.43. The number of aromatic nitrogens is 2. The van der Waals surface area contributed by atoms with Crippen LogP contribution in [0, 0.1) is 0 Å². The topological polar surface area (TPSA) is 61.0 Å². The monoisotopic (exact) mass is 304 g/mol. The highest BCUT2D eigenvalue weighted by molar-refractivity contribution is 5.25. The molecule has 1 aromatic heterocycles. The fraction of sp³-hybridized carbons (Fsp3) is 0.692. The Kier molecular flexibility index (Phi) is 5.22. The molecule has 1 aliphatic heterocycles. The van der Waals surface area contributed by atoms with Gasteiger partial charge in [-0.1, -0.05) is 6.42 Å². The van der Waals surface area contributed by atoms with E-state index in [0.717, 1.165) is 26.1 Å². The van der Waals surface area contributed by atoms with Gasteiger partial charge in [0.05, 0.1) is 0 Å². The lowest BCUT2D eigenvalue weighted by molar-refractivity contribution is -0.141. The summed E-state index contributed by atoms with van der Waals surface area (Å²) >= 11 is 0. The van der Waals surface area contributed by atoms with Crippen molar-refractivity contribution in [1.29, 1.82) is 0 Å². The fourth-order valence-corrected chi connectivity index (χ4v) is 2.38. The van der Waals surface area contributed by atoms with Crippen molar-refractivity contribution in [2.45, 2.75) is 31.9 Å². The molecular weight excluding hydrogens is 285 g/mol. The van der Waals surface area contributed by atoms with Gasteiger partial charge in [0.15, 0.2) is 5.69 Å². The Hall–Kier alpha value is -1.57. The van der Waals surface area contributed by atoms with Crippen LogP contribution in [0.3, 0.4) is 0 Å². The van der Waals surface area contributed by atoms with E-state index in [0.29, 0.717) is 12.6 Å². The Labute approximate surface area is 120 Å². The van der Waals surface area contributed by atoms with E-state index < -0.39 is 17.4 Å². The first-order valence-electron chi connectivity index (χ1n) is 7.10. The van der Waals surface area contributed by atoms with E-state index in [1.54, 1.807) is 0 Å². The molecule has 8 heteroatoms. The first-order chi connectivity index (χ1) is 9.95. The Bertz CT molecular complexity index is 509. The van der Waals surface area contributed by atoms with Gasteiger partial charge in [-0.3, -0.25) is 9.78 Å². The largest absolute Gasteiger partial charge is 0.433 e. The highest BCUT2D eigenvalue weighted by atomic mass is 19.4. The highest BCUT2D eigenvalue weighted by Gasteiger charge is 2.33. The Morgan fingerprint density at radius 1 is 1.29 bits per heavy atom. The number of aromatic amines is 1. The third-order valence-corrected chi connectivity index (χ3v) is 3.42. The van der Waals surface area contributed by atoms with Crippen molar-refractivity contribution in [3.8, 4) is 0 Å². The van der Waals surface area contributed by atoms with Crippen LogP contribution < -0.4 is 10.9 Å². The number of piperidine rings is 1. The molecule has 2 heterocycles. The summed E-state index contributed by atoms with van der Waals surface area (Å²) < 4.78 is 37.6. The number of nitrogens with zero attached hydrogens (tertiary/aromatic N) is 2. The molecule has 0 saturated carbocycles. The van der Waals surface area contributed by atoms with Crippen LogP contribution in [-0.2, 0) is 6.18 Å². The maximum Gasteiger partial charge on any atom is 0.433 e. The number of rotatable bonds is 5. The molecule has 0 amide bonds. The lowest BCUT2D eigenvalue weighted by atomic mass is 10.1. The summed E-state index contributed by atoms with van der Waals surface area (Å²) in [5.74, 6) is -0.131. The van der Waals surface area contributed by atoms with Gasteiger partial charge in [0, 0.05) is 12.6 Å². The molecule has 0 bridgehead atoms. The summed E-state index contributed by atoms with van der Waals surface area (Å²) in [4.78, 5) is 19.2. The number of anilines is 1. The molecule has 21 heavy (non-hydrogen) atoms. The van der Waals surface area contributed by atoms with E-state index in [2.05, 4.69) is 20.2 Å². The molecule has 1 aromatic rings. The summed E-state index contributed by atoms with van der Waals surface area (Å²) in [7, 11) is 0. The van der Waals surface area contributed by atoms with Crippen molar-refractivity contribution in [2.75, 3.05) is 31.5 Å². The lowest BCUT2D eigenvalue weighted by Gasteiger charge is -2.26. The molecule has 0 radical (unpaired) electrons. The van der Waals surface area contributed by atoms with Crippen LogP contribution in [0.4, 0.5) is 19.1 Å². The number of hydrogen-bond donors (Lipinski definition) is 2. The second-order valence-electron chi connectivity index (χ2n) is 5.16. The zero-order valence-electron chi connectivity index (χ0n) is 11.7. The van der Waals surface area contributed by atoms with Gasteiger partial charge in [-0.2, -0.15) is 13.2 Å². The number of alkyl halides is 3. The quantitative estimate of drug-likeness (QED) is 0.818. The molecule has 2 N–H and O–H groups in total. The van der Waals surface area contributed by atoms with Crippen molar-refractivity contribution in [3.63, 3.8) is 0 Å². The standard InChI is InChI=1S/C13H19F3N4O/c14-13(15,16)10-9-11(21)19-12(18-10)17-5-4-8-20-6-2-1-3-7-20/h9H,1-8H2,(H2,17,18,19,21). The molecule has 0 unspecified atom stereocenters. The van der Waals surface area contributed by atoms with Crippen LogP contribution in [0.5, 0.6) is 0 Å². The molecule has 2 rings (SSSR count). The van der Waals surface area contributed by atoms with Gasteiger partial charge < -0.3 is 10.2 Å². The van der Waals surface area contributed by atoms with E-state index in [4.69, 9.17) is 0 Å². The summed E-state index contributed by atoms with van der Waals surface area (Å²) in [6.07, 6.45) is -0.144. The zero-order chi connectivity index (χ0) is 15.3. The number of nitrogens with one attached hydrogen (secondary N) is 2. The minimum atomic E-state index is -4.61. The lowest BCUT2D eigenvalue weighted by Crippen LogP contribution is -2.31. The van der Waals surface area contributed by atoms with Crippen LogP contribution in [0.25, 0.3) is 0 Å². The van der Waals surface area contributed by atoms with E-state index in [-0.39, 0.29) is 5.95 Å². The molecule has 0 aliphatic carbocycles. The van der Waals surface area contributed by atoms with Gasteiger partial charge in [-0.15, -0.1) is 0 Å². The number of hydrogen-bond acceptors (Lipinski definition) is 4. The minimum absolute atomic E-state index is 0.131. The Balaban J connectivity index is 1.82. The second-order valence-corrected chi connectivity index (χ2v) is 5.16. The van der Waals surface area contributed by atoms with Crippen LogP contribution >= 0.6 is 0 Å². The summed E-state index contributed by atoms with van der Waals surface area (Å²) in [6.45, 7) is 3.54. The average molecular weight is 304 g/mol. The van der Waals surface area contributed by atoms with Gasteiger partial charge in [0.25, 0.3) is 5.56 Å². The minimum Gasteiger partial charge on any atom is -0.356 e. The second kappa shape index (κ2) is 6.93. The van der Waals surface area contributed by atoms with E-state index in [1.165, 1.54) is 19.3 Å². The highest BCUT2D eigenvalue weighted by Crippen LogP contribution is 2.26. The van der Waals surface area contributed by atoms with Crippen molar-refractivity contribution in [3.05, 3.63) is 22.1 Å². The molecule has 0 aromatic carbocycles. The number of halogens is 3. The van der Waals surface area contributed by atoms with Crippen LogP contribution in [0.1, 0.15) is 31.4 Å². The summed E-state index contributed by atoms with van der Waals surface area (Å²) in [5, 5.41) is 2.74. The first-order valence-corrected chi connectivity index (χ1v) is 7.10.